The Bertz CT molecular complexity index is 809. The molecule has 31 heavy (non-hydrogen) atoms. The number of hydrogen-bond donors (Lipinski definition) is 1. The fourth-order valence-corrected chi connectivity index (χ4v) is 4.09. The van der Waals surface area contributed by atoms with E-state index in [0.29, 0.717) is 31.3 Å². The minimum atomic E-state index is -0.956. The summed E-state index contributed by atoms with van der Waals surface area (Å²) in [7, 11) is 0. The van der Waals surface area contributed by atoms with Crippen LogP contribution in [0.3, 0.4) is 0 Å². The first kappa shape index (κ1) is 23.1. The van der Waals surface area contributed by atoms with E-state index in [0.717, 1.165) is 11.3 Å². The van der Waals surface area contributed by atoms with E-state index < -0.39 is 12.1 Å². The number of hydrogen-bond acceptors (Lipinski definition) is 4. The third kappa shape index (κ3) is 7.59. The molecule has 0 bridgehead atoms. The van der Waals surface area contributed by atoms with Gasteiger partial charge in [-0.15, -0.1) is 0 Å². The van der Waals surface area contributed by atoms with Gasteiger partial charge in [-0.3, -0.25) is 0 Å². The van der Waals surface area contributed by atoms with Crippen LogP contribution in [0.1, 0.15) is 63.0 Å². The van der Waals surface area contributed by atoms with Gasteiger partial charge < -0.3 is 19.3 Å². The van der Waals surface area contributed by atoms with Gasteiger partial charge in [-0.25, -0.2) is 4.79 Å². The zero-order chi connectivity index (χ0) is 22.1. The molecule has 0 aromatic heterocycles. The van der Waals surface area contributed by atoms with Gasteiger partial charge in [0.15, 0.2) is 6.10 Å². The molecule has 2 aromatic carbocycles. The summed E-state index contributed by atoms with van der Waals surface area (Å²) in [5.74, 6) is 1.29. The molecular formula is C26H34O5. The van der Waals surface area contributed by atoms with E-state index in [-0.39, 0.29) is 6.10 Å². The molecule has 0 saturated heterocycles. The first-order valence-corrected chi connectivity index (χ1v) is 11.3. The van der Waals surface area contributed by atoms with Gasteiger partial charge in [0.05, 0.1) is 6.10 Å². The number of rotatable bonds is 11. The number of carboxylic acids is 1. The van der Waals surface area contributed by atoms with Crippen LogP contribution in [0.15, 0.2) is 48.5 Å². The number of carboxylic acid groups (broad SMARTS) is 1. The molecule has 0 aliphatic heterocycles. The lowest BCUT2D eigenvalue weighted by Gasteiger charge is -2.22. The fourth-order valence-electron chi connectivity index (χ4n) is 4.09. The average Bonchev–Trinajstić information content (AvgIpc) is 2.77. The Hall–Kier alpha value is -2.53. The highest BCUT2D eigenvalue weighted by molar-refractivity contribution is 5.72. The summed E-state index contributed by atoms with van der Waals surface area (Å²) < 4.78 is 17.1. The van der Waals surface area contributed by atoms with Gasteiger partial charge >= 0.3 is 5.97 Å². The molecule has 5 heteroatoms. The van der Waals surface area contributed by atoms with Crippen molar-refractivity contribution >= 4 is 5.97 Å². The molecule has 1 N–H and O–H groups in total. The number of ether oxygens (including phenoxy) is 3. The maximum Gasteiger partial charge on any atom is 0.333 e. The SMILES string of the molecule is CC(C)OC(Cc1cccc(OCCOc2ccc(C3CCCCC3)cc2)c1)C(=O)O. The largest absolute Gasteiger partial charge is 0.490 e. The van der Waals surface area contributed by atoms with Gasteiger partial charge in [0.2, 0.25) is 0 Å². The Balaban J connectivity index is 1.44. The van der Waals surface area contributed by atoms with E-state index in [9.17, 15) is 9.90 Å². The molecule has 1 aliphatic carbocycles. The van der Waals surface area contributed by atoms with Gasteiger partial charge in [0.25, 0.3) is 0 Å². The molecule has 5 nitrogen and oxygen atoms in total. The Kier molecular flexibility index (Phi) is 8.77. The molecule has 168 valence electrons. The van der Waals surface area contributed by atoms with Crippen molar-refractivity contribution in [3.8, 4) is 11.5 Å². The van der Waals surface area contributed by atoms with Gasteiger partial charge in [-0.2, -0.15) is 0 Å². The molecule has 0 amide bonds. The summed E-state index contributed by atoms with van der Waals surface area (Å²) in [6.45, 7) is 4.53. The molecule has 3 rings (SSSR count). The quantitative estimate of drug-likeness (QED) is 0.473. The lowest BCUT2D eigenvalue weighted by molar-refractivity contribution is -0.153. The van der Waals surface area contributed by atoms with E-state index in [1.165, 1.54) is 37.7 Å². The van der Waals surface area contributed by atoms with Crippen molar-refractivity contribution in [2.24, 2.45) is 0 Å². The lowest BCUT2D eigenvalue weighted by Crippen LogP contribution is -2.29. The van der Waals surface area contributed by atoms with E-state index in [4.69, 9.17) is 14.2 Å². The van der Waals surface area contributed by atoms with Gasteiger partial charge in [-0.05, 0) is 68.0 Å². The summed E-state index contributed by atoms with van der Waals surface area (Å²) in [4.78, 5) is 11.4. The standard InChI is InChI=1S/C26H34O5/c1-19(2)31-25(26(27)28)18-20-7-6-10-24(17-20)30-16-15-29-23-13-11-22(12-14-23)21-8-4-3-5-9-21/h6-7,10-14,17,19,21,25H,3-5,8-9,15-16,18H2,1-2H3,(H,27,28). The smallest absolute Gasteiger partial charge is 0.333 e. The third-order valence-corrected chi connectivity index (χ3v) is 5.61. The van der Waals surface area contributed by atoms with Crippen LogP contribution in [0.2, 0.25) is 0 Å². The van der Waals surface area contributed by atoms with Crippen LogP contribution in [0.4, 0.5) is 0 Å². The van der Waals surface area contributed by atoms with Crippen molar-refractivity contribution in [1.82, 2.24) is 0 Å². The summed E-state index contributed by atoms with van der Waals surface area (Å²) in [6.07, 6.45) is 5.92. The van der Waals surface area contributed by atoms with Crippen molar-refractivity contribution in [2.75, 3.05) is 13.2 Å². The predicted octanol–water partition coefficient (Wildman–Crippen LogP) is 5.61. The summed E-state index contributed by atoms with van der Waals surface area (Å²) >= 11 is 0. The molecule has 2 aromatic rings. The molecule has 0 heterocycles. The Morgan fingerprint density at radius 2 is 1.65 bits per heavy atom. The predicted molar refractivity (Wildman–Crippen MR) is 121 cm³/mol. The highest BCUT2D eigenvalue weighted by Crippen LogP contribution is 2.33. The lowest BCUT2D eigenvalue weighted by atomic mass is 9.84. The first-order valence-electron chi connectivity index (χ1n) is 11.3. The van der Waals surface area contributed by atoms with Crippen molar-refractivity contribution in [2.45, 2.75) is 70.5 Å². The van der Waals surface area contributed by atoms with Crippen LogP contribution in [0.5, 0.6) is 11.5 Å². The summed E-state index contributed by atoms with van der Waals surface area (Å²) in [6, 6.07) is 15.9. The minimum absolute atomic E-state index is 0.144. The fraction of sp³-hybridized carbons (Fsp3) is 0.500. The van der Waals surface area contributed by atoms with E-state index >= 15 is 0 Å². The third-order valence-electron chi connectivity index (χ3n) is 5.61. The highest BCUT2D eigenvalue weighted by atomic mass is 16.5. The maximum atomic E-state index is 11.4. The second-order valence-electron chi connectivity index (χ2n) is 8.46. The highest BCUT2D eigenvalue weighted by Gasteiger charge is 2.20. The van der Waals surface area contributed by atoms with Crippen LogP contribution in [0, 0.1) is 0 Å². The monoisotopic (exact) mass is 426 g/mol. The van der Waals surface area contributed by atoms with Crippen molar-refractivity contribution in [1.29, 1.82) is 0 Å². The van der Waals surface area contributed by atoms with Crippen molar-refractivity contribution < 1.29 is 24.1 Å². The maximum absolute atomic E-state index is 11.4. The van der Waals surface area contributed by atoms with Crippen LogP contribution < -0.4 is 9.47 Å². The summed E-state index contributed by atoms with van der Waals surface area (Å²) in [5.41, 5.74) is 2.28. The van der Waals surface area contributed by atoms with Crippen molar-refractivity contribution in [3.05, 3.63) is 59.7 Å². The van der Waals surface area contributed by atoms with E-state index in [1.807, 2.05) is 50.2 Å². The molecular weight excluding hydrogens is 392 g/mol. The second kappa shape index (κ2) is 11.8. The van der Waals surface area contributed by atoms with Crippen LogP contribution >= 0.6 is 0 Å². The molecule has 0 spiro atoms. The second-order valence-corrected chi connectivity index (χ2v) is 8.46. The van der Waals surface area contributed by atoms with Gasteiger partial charge in [0, 0.05) is 6.42 Å². The van der Waals surface area contributed by atoms with Crippen molar-refractivity contribution in [3.63, 3.8) is 0 Å². The van der Waals surface area contributed by atoms with E-state index in [2.05, 4.69) is 12.1 Å². The molecule has 1 fully saturated rings. The number of benzene rings is 2. The van der Waals surface area contributed by atoms with E-state index in [1.54, 1.807) is 0 Å². The first-order chi connectivity index (χ1) is 15.0. The molecule has 0 radical (unpaired) electrons. The minimum Gasteiger partial charge on any atom is -0.490 e. The van der Waals surface area contributed by atoms with Crippen LogP contribution in [-0.2, 0) is 16.0 Å². The Morgan fingerprint density at radius 1 is 0.968 bits per heavy atom. The van der Waals surface area contributed by atoms with Gasteiger partial charge in [0.1, 0.15) is 24.7 Å². The zero-order valence-electron chi connectivity index (χ0n) is 18.6. The topological polar surface area (TPSA) is 65.0 Å². The molecule has 1 aliphatic rings. The molecule has 1 saturated carbocycles. The average molecular weight is 427 g/mol. The normalized spacial score (nSPS) is 15.6. The number of aliphatic carboxylic acids is 1. The van der Waals surface area contributed by atoms with Crippen LogP contribution in [0.25, 0.3) is 0 Å². The molecule has 1 unspecified atom stereocenters. The molecule has 1 atom stereocenters. The van der Waals surface area contributed by atoms with Gasteiger partial charge in [-0.1, -0.05) is 43.5 Å². The Morgan fingerprint density at radius 3 is 2.29 bits per heavy atom. The van der Waals surface area contributed by atoms with Crippen LogP contribution in [-0.4, -0.2) is 36.5 Å². The number of carbonyl (C=O) groups is 1. The summed E-state index contributed by atoms with van der Waals surface area (Å²) in [5, 5.41) is 9.35. The Labute approximate surface area is 185 Å². The zero-order valence-corrected chi connectivity index (χ0v) is 18.6.